The van der Waals surface area contributed by atoms with Gasteiger partial charge in [-0.1, -0.05) is 31.2 Å². The zero-order valence-electron chi connectivity index (χ0n) is 15.9. The summed E-state index contributed by atoms with van der Waals surface area (Å²) >= 11 is 0. The highest BCUT2D eigenvalue weighted by molar-refractivity contribution is 6.21. The number of methoxy groups -OCH3 is 1. The van der Waals surface area contributed by atoms with Crippen molar-refractivity contribution in [2.75, 3.05) is 7.11 Å². The van der Waals surface area contributed by atoms with Crippen LogP contribution in [-0.2, 0) is 17.3 Å². The number of carbonyl (C=O) groups excluding carboxylic acids is 1. The lowest BCUT2D eigenvalue weighted by atomic mass is 9.95. The van der Waals surface area contributed by atoms with Gasteiger partial charge in [-0.2, -0.15) is 13.2 Å². The maximum Gasteiger partial charge on any atom is 0.416 e. The Kier molecular flexibility index (Phi) is 4.57. The van der Waals surface area contributed by atoms with Gasteiger partial charge in [-0.25, -0.2) is 4.79 Å². The van der Waals surface area contributed by atoms with Gasteiger partial charge in [0.2, 0.25) is 0 Å². The minimum atomic E-state index is -4.43. The van der Waals surface area contributed by atoms with E-state index in [0.29, 0.717) is 27.5 Å². The van der Waals surface area contributed by atoms with Gasteiger partial charge in [0.1, 0.15) is 0 Å². The summed E-state index contributed by atoms with van der Waals surface area (Å²) < 4.78 is 44.6. The number of rotatable bonds is 3. The maximum atomic E-state index is 13.2. The molecular formula is C23H18F3NO2. The van der Waals surface area contributed by atoms with Gasteiger partial charge < -0.3 is 9.72 Å². The van der Waals surface area contributed by atoms with E-state index in [0.717, 1.165) is 35.2 Å². The SMILES string of the molecule is CCc1cc(C(=O)OC)c2c(c1)[nH]c1cccc(-c3cccc(C(F)(F)F)c3)c12. The fourth-order valence-electron chi connectivity index (χ4n) is 3.72. The number of ether oxygens (including phenoxy) is 1. The largest absolute Gasteiger partial charge is 0.465 e. The zero-order valence-corrected chi connectivity index (χ0v) is 15.9. The molecule has 0 spiro atoms. The van der Waals surface area contributed by atoms with Gasteiger partial charge in [-0.15, -0.1) is 0 Å². The zero-order chi connectivity index (χ0) is 20.8. The third kappa shape index (κ3) is 3.24. The highest BCUT2D eigenvalue weighted by Gasteiger charge is 2.30. The summed E-state index contributed by atoms with van der Waals surface area (Å²) in [6, 6.07) is 14.3. The van der Waals surface area contributed by atoms with Crippen LogP contribution in [-0.4, -0.2) is 18.1 Å². The van der Waals surface area contributed by atoms with Gasteiger partial charge in [0.25, 0.3) is 0 Å². The summed E-state index contributed by atoms with van der Waals surface area (Å²) in [5, 5.41) is 1.35. The van der Waals surface area contributed by atoms with E-state index in [2.05, 4.69) is 4.98 Å². The molecule has 0 unspecified atom stereocenters. The van der Waals surface area contributed by atoms with Crippen LogP contribution < -0.4 is 0 Å². The topological polar surface area (TPSA) is 42.1 Å². The molecule has 6 heteroatoms. The summed E-state index contributed by atoms with van der Waals surface area (Å²) in [5.74, 6) is -0.481. The van der Waals surface area contributed by atoms with Crippen molar-refractivity contribution in [3.05, 3.63) is 71.3 Å². The molecule has 1 aromatic heterocycles. The fraction of sp³-hybridized carbons (Fsp3) is 0.174. The molecule has 148 valence electrons. The third-order valence-electron chi connectivity index (χ3n) is 5.10. The number of aryl methyl sites for hydroxylation is 1. The quantitative estimate of drug-likeness (QED) is 0.409. The van der Waals surface area contributed by atoms with E-state index >= 15 is 0 Å². The normalized spacial score (nSPS) is 11.9. The number of halogens is 3. The van der Waals surface area contributed by atoms with Crippen molar-refractivity contribution < 1.29 is 22.7 Å². The van der Waals surface area contributed by atoms with Gasteiger partial charge in [-0.05, 0) is 53.4 Å². The standard InChI is InChI=1S/C23H18F3NO2/c1-3-13-10-17(22(28)29-2)21-19(11-13)27-18-9-5-8-16(20(18)21)14-6-4-7-15(12-14)23(24,25)26/h4-12,27H,3H2,1-2H3. The van der Waals surface area contributed by atoms with Crippen LogP contribution in [0.15, 0.2) is 54.6 Å². The monoisotopic (exact) mass is 397 g/mol. The Labute approximate surface area is 165 Å². The highest BCUT2D eigenvalue weighted by atomic mass is 19.4. The molecule has 0 atom stereocenters. The molecule has 3 nitrogen and oxygen atoms in total. The second-order valence-corrected chi connectivity index (χ2v) is 6.84. The van der Waals surface area contributed by atoms with E-state index in [1.807, 2.05) is 19.1 Å². The second kappa shape index (κ2) is 6.95. The minimum absolute atomic E-state index is 0.396. The first-order chi connectivity index (χ1) is 13.8. The lowest BCUT2D eigenvalue weighted by Gasteiger charge is -2.11. The third-order valence-corrected chi connectivity index (χ3v) is 5.10. The lowest BCUT2D eigenvalue weighted by molar-refractivity contribution is -0.137. The van der Waals surface area contributed by atoms with Crippen molar-refractivity contribution >= 4 is 27.8 Å². The molecule has 0 aliphatic rings. The molecule has 29 heavy (non-hydrogen) atoms. The van der Waals surface area contributed by atoms with Crippen molar-refractivity contribution in [1.29, 1.82) is 0 Å². The van der Waals surface area contributed by atoms with Crippen LogP contribution in [0.3, 0.4) is 0 Å². The molecule has 4 aromatic rings. The number of aromatic amines is 1. The summed E-state index contributed by atoms with van der Waals surface area (Å²) in [7, 11) is 1.31. The summed E-state index contributed by atoms with van der Waals surface area (Å²) in [5.41, 5.74) is 3.19. The van der Waals surface area contributed by atoms with E-state index in [-0.39, 0.29) is 0 Å². The van der Waals surface area contributed by atoms with Crippen LogP contribution in [0.2, 0.25) is 0 Å². The Morgan fingerprint density at radius 2 is 1.76 bits per heavy atom. The highest BCUT2D eigenvalue weighted by Crippen LogP contribution is 2.39. The van der Waals surface area contributed by atoms with Crippen molar-refractivity contribution in [2.45, 2.75) is 19.5 Å². The van der Waals surface area contributed by atoms with E-state index in [9.17, 15) is 18.0 Å². The van der Waals surface area contributed by atoms with Crippen LogP contribution in [0.25, 0.3) is 32.9 Å². The van der Waals surface area contributed by atoms with Gasteiger partial charge in [0.05, 0.1) is 18.2 Å². The number of carbonyl (C=O) groups is 1. The van der Waals surface area contributed by atoms with Gasteiger partial charge in [0, 0.05) is 21.8 Å². The van der Waals surface area contributed by atoms with Crippen LogP contribution in [0.4, 0.5) is 13.2 Å². The molecule has 3 aromatic carbocycles. The lowest BCUT2D eigenvalue weighted by Crippen LogP contribution is -2.04. The van der Waals surface area contributed by atoms with Gasteiger partial charge in [-0.3, -0.25) is 0 Å². The average Bonchev–Trinajstić information content (AvgIpc) is 3.10. The Hall–Kier alpha value is -3.28. The first kappa shape index (κ1) is 19.1. The number of fused-ring (bicyclic) bond motifs is 3. The number of nitrogens with one attached hydrogen (secondary N) is 1. The molecule has 0 aliphatic heterocycles. The molecular weight excluding hydrogens is 379 g/mol. The molecule has 0 aliphatic carbocycles. The average molecular weight is 397 g/mol. The number of H-pyrrole nitrogens is 1. The van der Waals surface area contributed by atoms with E-state index in [1.165, 1.54) is 13.2 Å². The predicted octanol–water partition coefficient (Wildman–Crippen LogP) is 6.36. The molecule has 0 saturated heterocycles. The van der Waals surface area contributed by atoms with Crippen LogP contribution >= 0.6 is 0 Å². The number of aromatic nitrogens is 1. The number of hydrogen-bond donors (Lipinski definition) is 1. The molecule has 0 radical (unpaired) electrons. The Morgan fingerprint density at radius 3 is 2.45 bits per heavy atom. The minimum Gasteiger partial charge on any atom is -0.465 e. The van der Waals surface area contributed by atoms with Crippen molar-refractivity contribution in [3.63, 3.8) is 0 Å². The first-order valence-electron chi connectivity index (χ1n) is 9.16. The van der Waals surface area contributed by atoms with E-state index < -0.39 is 17.7 Å². The number of alkyl halides is 3. The summed E-state index contributed by atoms with van der Waals surface area (Å²) in [6.07, 6.45) is -3.70. The van der Waals surface area contributed by atoms with Crippen molar-refractivity contribution in [3.8, 4) is 11.1 Å². The van der Waals surface area contributed by atoms with E-state index in [4.69, 9.17) is 4.74 Å². The van der Waals surface area contributed by atoms with Crippen molar-refractivity contribution in [1.82, 2.24) is 4.98 Å². The Balaban J connectivity index is 2.08. The van der Waals surface area contributed by atoms with Crippen LogP contribution in [0.1, 0.15) is 28.4 Å². The molecule has 0 fully saturated rings. The smallest absolute Gasteiger partial charge is 0.416 e. The number of benzene rings is 3. The van der Waals surface area contributed by atoms with Gasteiger partial charge in [0.15, 0.2) is 0 Å². The van der Waals surface area contributed by atoms with Gasteiger partial charge >= 0.3 is 12.1 Å². The molecule has 0 saturated carbocycles. The Morgan fingerprint density at radius 1 is 1.00 bits per heavy atom. The summed E-state index contributed by atoms with van der Waals surface area (Å²) in [6.45, 7) is 1.99. The van der Waals surface area contributed by atoms with Crippen LogP contribution in [0, 0.1) is 0 Å². The number of hydrogen-bond acceptors (Lipinski definition) is 2. The number of esters is 1. The molecule has 1 heterocycles. The predicted molar refractivity (Wildman–Crippen MR) is 107 cm³/mol. The first-order valence-corrected chi connectivity index (χ1v) is 9.16. The maximum absolute atomic E-state index is 13.2. The van der Waals surface area contributed by atoms with Crippen molar-refractivity contribution in [2.24, 2.45) is 0 Å². The summed E-state index contributed by atoms with van der Waals surface area (Å²) in [4.78, 5) is 15.8. The molecule has 0 bridgehead atoms. The Bertz CT molecular complexity index is 1240. The second-order valence-electron chi connectivity index (χ2n) is 6.84. The van der Waals surface area contributed by atoms with E-state index in [1.54, 1.807) is 24.3 Å². The van der Waals surface area contributed by atoms with Crippen LogP contribution in [0.5, 0.6) is 0 Å². The molecule has 4 rings (SSSR count). The molecule has 0 amide bonds. The fourth-order valence-corrected chi connectivity index (χ4v) is 3.72. The molecule has 1 N–H and O–H groups in total.